The normalized spacial score (nSPS) is 10.7. The van der Waals surface area contributed by atoms with Crippen LogP contribution in [0.25, 0.3) is 11.1 Å². The Bertz CT molecular complexity index is 1110. The number of methoxy groups -OCH3 is 1. The van der Waals surface area contributed by atoms with Crippen molar-refractivity contribution in [3.05, 3.63) is 63.1 Å². The molecule has 9 heteroatoms. The summed E-state index contributed by atoms with van der Waals surface area (Å²) in [5.74, 6) is -0.823. The van der Waals surface area contributed by atoms with E-state index in [1.54, 1.807) is 18.6 Å². The summed E-state index contributed by atoms with van der Waals surface area (Å²) in [6.45, 7) is 1.97. The summed E-state index contributed by atoms with van der Waals surface area (Å²) in [6, 6.07) is 9.39. The third kappa shape index (κ3) is 4.71. The summed E-state index contributed by atoms with van der Waals surface area (Å²) in [6.07, 6.45) is 0. The van der Waals surface area contributed by atoms with Crippen LogP contribution in [0.1, 0.15) is 26.3 Å². The lowest BCUT2D eigenvalue weighted by Crippen LogP contribution is -2.16. The third-order valence-electron chi connectivity index (χ3n) is 4.16. The molecule has 0 unspecified atom stereocenters. The van der Waals surface area contributed by atoms with E-state index < -0.39 is 5.97 Å². The SMILES string of the molecule is COc1c(I)c(I)cc(C(=O)Nc2scc(-c3ccc(C)cc3)c2C(=O)O)c1I. The molecule has 0 saturated heterocycles. The Morgan fingerprint density at radius 1 is 1.10 bits per heavy atom. The summed E-state index contributed by atoms with van der Waals surface area (Å²) in [5, 5.41) is 14.6. The number of anilines is 1. The molecule has 0 aliphatic carbocycles. The maximum atomic E-state index is 13.0. The number of carbonyl (C=O) groups excluding carboxylic acids is 1. The highest BCUT2D eigenvalue weighted by atomic mass is 127. The van der Waals surface area contributed by atoms with E-state index in [1.807, 2.05) is 31.2 Å². The topological polar surface area (TPSA) is 75.6 Å². The quantitative estimate of drug-likeness (QED) is 0.231. The molecule has 3 rings (SSSR count). The highest BCUT2D eigenvalue weighted by Crippen LogP contribution is 2.37. The number of carboxylic acids is 1. The smallest absolute Gasteiger partial charge is 0.339 e. The third-order valence-corrected chi connectivity index (χ3v) is 9.08. The van der Waals surface area contributed by atoms with Gasteiger partial charge < -0.3 is 15.2 Å². The molecule has 0 fully saturated rings. The molecule has 0 saturated carbocycles. The first kappa shape index (κ1) is 22.7. The van der Waals surface area contributed by atoms with Crippen molar-refractivity contribution in [3.63, 3.8) is 0 Å². The number of halogens is 3. The largest absolute Gasteiger partial charge is 0.494 e. The molecule has 1 heterocycles. The lowest BCUT2D eigenvalue weighted by atomic mass is 10.0. The number of amides is 1. The van der Waals surface area contributed by atoms with Gasteiger partial charge in [0, 0.05) is 14.5 Å². The van der Waals surface area contributed by atoms with Gasteiger partial charge in [0.05, 0.1) is 19.8 Å². The van der Waals surface area contributed by atoms with Gasteiger partial charge in [-0.05, 0) is 86.3 Å². The fraction of sp³-hybridized carbons (Fsp3) is 0.100. The van der Waals surface area contributed by atoms with Gasteiger partial charge in [0.1, 0.15) is 16.3 Å². The summed E-state index contributed by atoms with van der Waals surface area (Å²) in [5.41, 5.74) is 3.00. The Hall–Kier alpha value is -0.930. The molecule has 2 aromatic carbocycles. The average molecular weight is 745 g/mol. The zero-order valence-electron chi connectivity index (χ0n) is 15.2. The molecule has 0 aliphatic heterocycles. The lowest BCUT2D eigenvalue weighted by Gasteiger charge is -2.13. The van der Waals surface area contributed by atoms with Gasteiger partial charge in [0.2, 0.25) is 0 Å². The molecule has 2 N–H and O–H groups in total. The van der Waals surface area contributed by atoms with Gasteiger partial charge in [0.15, 0.2) is 0 Å². The van der Waals surface area contributed by atoms with Crippen molar-refractivity contribution in [1.82, 2.24) is 0 Å². The van der Waals surface area contributed by atoms with E-state index in [9.17, 15) is 14.7 Å². The zero-order chi connectivity index (χ0) is 21.3. The predicted molar refractivity (Wildman–Crippen MR) is 141 cm³/mol. The number of aryl methyl sites for hydroxylation is 1. The second kappa shape index (κ2) is 9.47. The second-order valence-corrected chi connectivity index (χ2v) is 10.2. The predicted octanol–water partition coefficient (Wildman–Crippen LogP) is 6.50. The highest BCUT2D eigenvalue weighted by molar-refractivity contribution is 14.1. The van der Waals surface area contributed by atoms with E-state index in [0.29, 0.717) is 25.4 Å². The molecule has 1 amide bonds. The van der Waals surface area contributed by atoms with Gasteiger partial charge in [0.25, 0.3) is 5.91 Å². The summed E-state index contributed by atoms with van der Waals surface area (Å²) in [7, 11) is 1.56. The molecule has 0 aliphatic rings. The molecule has 3 aromatic rings. The molecular weight excluding hydrogens is 731 g/mol. The van der Waals surface area contributed by atoms with E-state index in [1.165, 1.54) is 11.3 Å². The number of nitrogens with one attached hydrogen (secondary N) is 1. The maximum absolute atomic E-state index is 13.0. The van der Waals surface area contributed by atoms with Crippen molar-refractivity contribution in [2.75, 3.05) is 12.4 Å². The van der Waals surface area contributed by atoms with Crippen LogP contribution in [0.4, 0.5) is 5.00 Å². The number of thiophene rings is 1. The molecule has 29 heavy (non-hydrogen) atoms. The van der Waals surface area contributed by atoms with Crippen molar-refractivity contribution in [3.8, 4) is 16.9 Å². The second-order valence-electron chi connectivity index (χ2n) is 6.05. The number of ether oxygens (including phenoxy) is 1. The molecule has 0 radical (unpaired) electrons. The van der Waals surface area contributed by atoms with Gasteiger partial charge in [-0.15, -0.1) is 11.3 Å². The number of benzene rings is 2. The number of hydrogen-bond donors (Lipinski definition) is 2. The molecule has 5 nitrogen and oxygen atoms in total. The number of aromatic carboxylic acids is 1. The van der Waals surface area contributed by atoms with Crippen LogP contribution in [0.2, 0.25) is 0 Å². The van der Waals surface area contributed by atoms with E-state index in [0.717, 1.165) is 18.3 Å². The number of carboxylic acid groups (broad SMARTS) is 1. The molecule has 1 aromatic heterocycles. The van der Waals surface area contributed by atoms with Gasteiger partial charge in [-0.3, -0.25) is 4.79 Å². The minimum absolute atomic E-state index is 0.0920. The van der Waals surface area contributed by atoms with Crippen molar-refractivity contribution < 1.29 is 19.4 Å². The first-order chi connectivity index (χ1) is 13.7. The van der Waals surface area contributed by atoms with Crippen molar-refractivity contribution in [2.45, 2.75) is 6.92 Å². The highest BCUT2D eigenvalue weighted by Gasteiger charge is 2.24. The Morgan fingerprint density at radius 2 is 1.76 bits per heavy atom. The van der Waals surface area contributed by atoms with Gasteiger partial charge in [-0.1, -0.05) is 29.8 Å². The Morgan fingerprint density at radius 3 is 2.34 bits per heavy atom. The molecule has 150 valence electrons. The Labute approximate surface area is 212 Å². The zero-order valence-corrected chi connectivity index (χ0v) is 22.5. The van der Waals surface area contributed by atoms with Crippen LogP contribution in [0.15, 0.2) is 35.7 Å². The Kier molecular flexibility index (Phi) is 7.43. The van der Waals surface area contributed by atoms with Crippen molar-refractivity contribution in [2.24, 2.45) is 0 Å². The average Bonchev–Trinajstić information content (AvgIpc) is 3.09. The van der Waals surface area contributed by atoms with Gasteiger partial charge in [-0.25, -0.2) is 4.79 Å². The van der Waals surface area contributed by atoms with Gasteiger partial charge in [-0.2, -0.15) is 0 Å². The fourth-order valence-electron chi connectivity index (χ4n) is 2.70. The minimum atomic E-state index is -1.08. The maximum Gasteiger partial charge on any atom is 0.339 e. The van der Waals surface area contributed by atoms with E-state index in [2.05, 4.69) is 73.1 Å². The first-order valence-electron chi connectivity index (χ1n) is 8.19. The van der Waals surface area contributed by atoms with Crippen LogP contribution in [-0.2, 0) is 0 Å². The van der Waals surface area contributed by atoms with Crippen LogP contribution in [-0.4, -0.2) is 24.1 Å². The van der Waals surface area contributed by atoms with Crippen molar-refractivity contribution in [1.29, 1.82) is 0 Å². The van der Waals surface area contributed by atoms with Gasteiger partial charge >= 0.3 is 5.97 Å². The lowest BCUT2D eigenvalue weighted by molar-refractivity contribution is 0.0699. The fourth-order valence-corrected chi connectivity index (χ4v) is 6.27. The molecule has 0 atom stereocenters. The summed E-state index contributed by atoms with van der Waals surface area (Å²) in [4.78, 5) is 24.9. The monoisotopic (exact) mass is 745 g/mol. The summed E-state index contributed by atoms with van der Waals surface area (Å²) < 4.78 is 7.93. The van der Waals surface area contributed by atoms with Crippen molar-refractivity contribution >= 4 is 96.0 Å². The molecule has 0 bridgehead atoms. The van der Waals surface area contributed by atoms with Crippen LogP contribution in [0.5, 0.6) is 5.75 Å². The van der Waals surface area contributed by atoms with Crippen LogP contribution >= 0.6 is 79.1 Å². The van der Waals surface area contributed by atoms with E-state index in [4.69, 9.17) is 4.74 Å². The van der Waals surface area contributed by atoms with E-state index >= 15 is 0 Å². The molecular formula is C20H14I3NO4S. The standard InChI is InChI=1S/C20H14I3NO4S/c1-9-3-5-10(6-4-9)12-8-29-19(14(12)20(26)27)24-18(25)11-7-13(21)16(23)17(28-2)15(11)22/h3-8H,1-2H3,(H,24,25)(H,26,27). The van der Waals surface area contributed by atoms with E-state index in [-0.39, 0.29) is 11.5 Å². The summed E-state index contributed by atoms with van der Waals surface area (Å²) >= 11 is 7.60. The number of rotatable bonds is 5. The first-order valence-corrected chi connectivity index (χ1v) is 12.3. The minimum Gasteiger partial charge on any atom is -0.494 e. The number of carbonyl (C=O) groups is 2. The number of hydrogen-bond acceptors (Lipinski definition) is 4. The van der Waals surface area contributed by atoms with Crippen LogP contribution in [0, 0.1) is 17.6 Å². The van der Waals surface area contributed by atoms with Crippen LogP contribution in [0.3, 0.4) is 0 Å². The molecule has 0 spiro atoms. The Balaban J connectivity index is 2.01. The van der Waals surface area contributed by atoms with Crippen LogP contribution < -0.4 is 10.1 Å².